The molecule has 0 radical (unpaired) electrons. The quantitative estimate of drug-likeness (QED) is 0.532. The molecule has 1 aromatic rings. The molecule has 1 atom stereocenters. The fourth-order valence-corrected chi connectivity index (χ4v) is 1.24. The Morgan fingerprint density at radius 2 is 2.38 bits per heavy atom. The van der Waals surface area contributed by atoms with Crippen LogP contribution in [0.3, 0.4) is 0 Å². The summed E-state index contributed by atoms with van der Waals surface area (Å²) in [5.74, 6) is 0.714. The molecule has 0 saturated heterocycles. The van der Waals surface area contributed by atoms with Crippen LogP contribution in [0.2, 0.25) is 0 Å². The predicted octanol–water partition coefficient (Wildman–Crippen LogP) is 1.26. The van der Waals surface area contributed by atoms with Crippen LogP contribution in [0.5, 0.6) is 5.75 Å². The number of aliphatic hydroxyl groups is 1. The number of nitrogens with one attached hydrogen (secondary N) is 1. The van der Waals surface area contributed by atoms with E-state index in [1.807, 2.05) is 12.1 Å². The Bertz CT molecular complexity index is 312. The molecule has 2 N–H and O–H groups in total. The van der Waals surface area contributed by atoms with Crippen molar-refractivity contribution in [2.75, 3.05) is 5.32 Å². The molecule has 0 amide bonds. The van der Waals surface area contributed by atoms with Crippen LogP contribution in [-0.2, 0) is 11.5 Å². The van der Waals surface area contributed by atoms with Gasteiger partial charge in [0.2, 0.25) is 0 Å². The second-order valence-corrected chi connectivity index (χ2v) is 2.99. The molecule has 1 aliphatic rings. The van der Waals surface area contributed by atoms with Gasteiger partial charge in [0.1, 0.15) is 12.8 Å². The zero-order chi connectivity index (χ0) is 9.26. The van der Waals surface area contributed by atoms with E-state index in [0.717, 1.165) is 11.3 Å². The smallest absolute Gasteiger partial charge is 0.173 e. The Balaban J connectivity index is 2.21. The lowest BCUT2D eigenvalue weighted by Gasteiger charge is -2.08. The number of hydrogen-bond acceptors (Lipinski definition) is 4. The molecule has 0 saturated carbocycles. The van der Waals surface area contributed by atoms with Crippen LogP contribution >= 0.6 is 0 Å². The highest BCUT2D eigenvalue weighted by Gasteiger charge is 2.13. The van der Waals surface area contributed by atoms with E-state index >= 15 is 0 Å². The molecule has 0 aromatic heterocycles. The van der Waals surface area contributed by atoms with Gasteiger partial charge in [0, 0.05) is 17.3 Å². The summed E-state index contributed by atoms with van der Waals surface area (Å²) in [6, 6.07) is 5.59. The fourth-order valence-electron chi connectivity index (χ4n) is 1.24. The molecule has 4 nitrogen and oxygen atoms in total. The molecular weight excluding hydrogens is 170 g/mol. The van der Waals surface area contributed by atoms with Gasteiger partial charge in [-0.25, -0.2) is 0 Å². The Kier molecular flexibility index (Phi) is 2.08. The number of anilines is 1. The highest BCUT2D eigenvalue weighted by molar-refractivity contribution is 5.52. The summed E-state index contributed by atoms with van der Waals surface area (Å²) in [5, 5.41) is 11.9. The van der Waals surface area contributed by atoms with Gasteiger partial charge in [-0.15, -0.1) is 0 Å². The lowest BCUT2D eigenvalue weighted by atomic mass is 10.2. The fraction of sp³-hybridized carbons (Fsp3) is 0.333. The summed E-state index contributed by atoms with van der Waals surface area (Å²) >= 11 is 0. The molecule has 0 bridgehead atoms. The van der Waals surface area contributed by atoms with E-state index in [2.05, 4.69) is 5.32 Å². The predicted molar refractivity (Wildman–Crippen MR) is 47.2 cm³/mol. The van der Waals surface area contributed by atoms with Crippen molar-refractivity contribution in [3.05, 3.63) is 23.8 Å². The zero-order valence-electron chi connectivity index (χ0n) is 7.28. The second kappa shape index (κ2) is 3.24. The van der Waals surface area contributed by atoms with Gasteiger partial charge in [0.15, 0.2) is 5.75 Å². The van der Waals surface area contributed by atoms with Crippen molar-refractivity contribution < 1.29 is 14.9 Å². The van der Waals surface area contributed by atoms with E-state index < -0.39 is 6.23 Å². The van der Waals surface area contributed by atoms with Gasteiger partial charge in [0.25, 0.3) is 0 Å². The first-order chi connectivity index (χ1) is 6.25. The van der Waals surface area contributed by atoms with Gasteiger partial charge in [0.05, 0.1) is 0 Å². The van der Waals surface area contributed by atoms with Gasteiger partial charge >= 0.3 is 0 Å². The van der Waals surface area contributed by atoms with E-state index in [1.165, 1.54) is 0 Å². The first-order valence-corrected chi connectivity index (χ1v) is 4.13. The lowest BCUT2D eigenvalue weighted by Crippen LogP contribution is -2.13. The number of fused-ring (bicyclic) bond motifs is 1. The summed E-state index contributed by atoms with van der Waals surface area (Å²) in [6.45, 7) is 2.15. The minimum Gasteiger partial charge on any atom is -0.374 e. The van der Waals surface area contributed by atoms with Crippen LogP contribution in [0.25, 0.3) is 0 Å². The number of rotatable bonds is 2. The summed E-state index contributed by atoms with van der Waals surface area (Å²) < 4.78 is 0. The summed E-state index contributed by atoms with van der Waals surface area (Å²) in [4.78, 5) is 9.68. The molecule has 1 aromatic carbocycles. The van der Waals surface area contributed by atoms with Crippen molar-refractivity contribution >= 4 is 5.69 Å². The van der Waals surface area contributed by atoms with Crippen LogP contribution in [0, 0.1) is 0 Å². The van der Waals surface area contributed by atoms with Crippen molar-refractivity contribution in [3.63, 3.8) is 0 Å². The van der Waals surface area contributed by atoms with Crippen LogP contribution < -0.4 is 10.2 Å². The molecular formula is C9H11NO3. The monoisotopic (exact) mass is 181 g/mol. The highest BCUT2D eigenvalue weighted by Crippen LogP contribution is 2.28. The van der Waals surface area contributed by atoms with Crippen LogP contribution in [0.1, 0.15) is 12.5 Å². The Hall–Kier alpha value is -1.26. The first kappa shape index (κ1) is 8.34. The van der Waals surface area contributed by atoms with Gasteiger partial charge < -0.3 is 15.3 Å². The van der Waals surface area contributed by atoms with Gasteiger partial charge in [-0.1, -0.05) is 6.07 Å². The van der Waals surface area contributed by atoms with Crippen molar-refractivity contribution in [2.45, 2.75) is 19.8 Å². The molecule has 0 fully saturated rings. The van der Waals surface area contributed by atoms with E-state index in [9.17, 15) is 0 Å². The maximum atomic E-state index is 9.07. The molecule has 4 heteroatoms. The van der Waals surface area contributed by atoms with Crippen LogP contribution in [0.4, 0.5) is 5.69 Å². The third-order valence-electron chi connectivity index (χ3n) is 1.81. The van der Waals surface area contributed by atoms with Crippen molar-refractivity contribution in [1.29, 1.82) is 0 Å². The topological polar surface area (TPSA) is 50.7 Å². The molecule has 0 spiro atoms. The Morgan fingerprint density at radius 3 is 3.15 bits per heavy atom. The molecule has 1 heterocycles. The molecule has 2 rings (SSSR count). The standard InChI is InChI=1S/C9H11NO3/c1-6(11)10-8-3-2-7-5-12-13-9(7)4-8/h2-4,6,10-11H,5H2,1H3. The number of benzene rings is 1. The summed E-state index contributed by atoms with van der Waals surface area (Å²) in [5.41, 5.74) is 1.84. The molecule has 13 heavy (non-hydrogen) atoms. The number of hydrogen-bond donors (Lipinski definition) is 2. The van der Waals surface area contributed by atoms with E-state index in [4.69, 9.17) is 14.9 Å². The zero-order valence-corrected chi connectivity index (χ0v) is 7.28. The van der Waals surface area contributed by atoms with Crippen LogP contribution in [-0.4, -0.2) is 11.3 Å². The number of aliphatic hydroxyl groups excluding tert-OH is 1. The summed E-state index contributed by atoms with van der Waals surface area (Å²) in [6.07, 6.45) is -0.569. The normalized spacial score (nSPS) is 16.2. The minimum atomic E-state index is -0.569. The second-order valence-electron chi connectivity index (χ2n) is 2.99. The van der Waals surface area contributed by atoms with Gasteiger partial charge in [-0.05, 0) is 13.0 Å². The minimum absolute atomic E-state index is 0.490. The molecule has 70 valence electrons. The maximum Gasteiger partial charge on any atom is 0.173 e. The van der Waals surface area contributed by atoms with Crippen LogP contribution in [0.15, 0.2) is 18.2 Å². The molecule has 0 aliphatic carbocycles. The van der Waals surface area contributed by atoms with Crippen molar-refractivity contribution in [1.82, 2.24) is 0 Å². The maximum absolute atomic E-state index is 9.07. The highest BCUT2D eigenvalue weighted by atomic mass is 17.2. The lowest BCUT2D eigenvalue weighted by molar-refractivity contribution is -0.194. The van der Waals surface area contributed by atoms with Gasteiger partial charge in [-0.3, -0.25) is 0 Å². The van der Waals surface area contributed by atoms with E-state index in [-0.39, 0.29) is 0 Å². The largest absolute Gasteiger partial charge is 0.374 e. The van der Waals surface area contributed by atoms with E-state index in [0.29, 0.717) is 12.4 Å². The average Bonchev–Trinajstić information content (AvgIpc) is 2.49. The third-order valence-corrected chi connectivity index (χ3v) is 1.81. The third kappa shape index (κ3) is 1.74. The molecule has 1 unspecified atom stereocenters. The first-order valence-electron chi connectivity index (χ1n) is 4.13. The van der Waals surface area contributed by atoms with E-state index in [1.54, 1.807) is 13.0 Å². The molecule has 1 aliphatic heterocycles. The average molecular weight is 181 g/mol. The SMILES string of the molecule is CC(O)Nc1ccc2c(c1)OOC2. The Morgan fingerprint density at radius 1 is 1.54 bits per heavy atom. The van der Waals surface area contributed by atoms with Gasteiger partial charge in [-0.2, -0.15) is 4.89 Å². The Labute approximate surface area is 76.0 Å². The van der Waals surface area contributed by atoms with Crippen molar-refractivity contribution in [3.8, 4) is 5.75 Å². The summed E-state index contributed by atoms with van der Waals surface area (Å²) in [7, 11) is 0. The van der Waals surface area contributed by atoms with Crippen molar-refractivity contribution in [2.24, 2.45) is 0 Å².